The highest BCUT2D eigenvalue weighted by molar-refractivity contribution is 5.73. The Labute approximate surface area is 79.8 Å². The van der Waals surface area contributed by atoms with Gasteiger partial charge in [-0.25, -0.2) is 0 Å². The molecule has 1 aliphatic rings. The van der Waals surface area contributed by atoms with Crippen LogP contribution in [0.1, 0.15) is 40.0 Å². The maximum absolute atomic E-state index is 10.9. The molecule has 13 heavy (non-hydrogen) atoms. The van der Waals surface area contributed by atoms with Crippen LogP contribution in [0.3, 0.4) is 0 Å². The minimum Gasteiger partial charge on any atom is -0.373 e. The average molecular weight is 185 g/mol. The van der Waals surface area contributed by atoms with E-state index in [2.05, 4.69) is 5.32 Å². The third kappa shape index (κ3) is 3.35. The first kappa shape index (κ1) is 10.5. The van der Waals surface area contributed by atoms with Crippen LogP contribution in [0, 0.1) is 0 Å². The van der Waals surface area contributed by atoms with E-state index in [1.165, 1.54) is 0 Å². The molecule has 1 aliphatic carbocycles. The fourth-order valence-electron chi connectivity index (χ4n) is 1.86. The summed E-state index contributed by atoms with van der Waals surface area (Å²) in [6.07, 6.45) is 3.76. The fourth-order valence-corrected chi connectivity index (χ4v) is 1.86. The van der Waals surface area contributed by atoms with Crippen LogP contribution in [0.15, 0.2) is 0 Å². The molecule has 1 rings (SSSR count). The van der Waals surface area contributed by atoms with E-state index < -0.39 is 0 Å². The molecule has 1 N–H and O–H groups in total. The van der Waals surface area contributed by atoms with Gasteiger partial charge in [0.25, 0.3) is 0 Å². The average Bonchev–Trinajstić information content (AvgIpc) is 2.34. The first-order valence-corrected chi connectivity index (χ1v) is 5.02. The molecule has 0 aromatic carbocycles. The zero-order valence-electron chi connectivity index (χ0n) is 8.67. The number of amides is 1. The summed E-state index contributed by atoms with van der Waals surface area (Å²) in [6.45, 7) is 5.62. The molecule has 3 heteroatoms. The predicted octanol–water partition coefficient (Wildman–Crippen LogP) is 1.47. The van der Waals surface area contributed by atoms with Crippen LogP contribution in [0.2, 0.25) is 0 Å². The zero-order chi connectivity index (χ0) is 9.84. The Kier molecular flexibility index (Phi) is 3.72. The Balaban J connectivity index is 2.39. The second-order valence-corrected chi connectivity index (χ2v) is 3.96. The Morgan fingerprint density at radius 2 is 2.15 bits per heavy atom. The number of nitrogens with one attached hydrogen (secondary N) is 1. The molecule has 0 aliphatic heterocycles. The van der Waals surface area contributed by atoms with Crippen molar-refractivity contribution >= 4 is 5.91 Å². The third-order valence-corrected chi connectivity index (χ3v) is 2.29. The Morgan fingerprint density at radius 3 is 2.69 bits per heavy atom. The lowest BCUT2D eigenvalue weighted by Crippen LogP contribution is -2.40. The van der Waals surface area contributed by atoms with E-state index in [9.17, 15) is 4.79 Å². The second kappa shape index (κ2) is 4.61. The van der Waals surface area contributed by atoms with Gasteiger partial charge < -0.3 is 10.1 Å². The van der Waals surface area contributed by atoms with Crippen molar-refractivity contribution in [2.45, 2.75) is 58.3 Å². The smallest absolute Gasteiger partial charge is 0.217 e. The SMILES string of the molecule is CC(=O)N[C@@H]1CCC[C@H]1OC(C)C. The standard InChI is InChI=1S/C10H19NO2/c1-7(2)13-10-6-4-5-9(10)11-8(3)12/h7,9-10H,4-6H2,1-3H3,(H,11,12)/t9-,10-/m1/s1. The normalized spacial score (nSPS) is 28.0. The van der Waals surface area contributed by atoms with Crippen LogP contribution in [0.4, 0.5) is 0 Å². The van der Waals surface area contributed by atoms with Crippen LogP contribution in [0.5, 0.6) is 0 Å². The maximum Gasteiger partial charge on any atom is 0.217 e. The summed E-state index contributed by atoms with van der Waals surface area (Å²) in [6, 6.07) is 0.236. The molecule has 3 nitrogen and oxygen atoms in total. The summed E-state index contributed by atoms with van der Waals surface area (Å²) in [4.78, 5) is 10.9. The lowest BCUT2D eigenvalue weighted by Gasteiger charge is -2.22. The minimum atomic E-state index is 0.0456. The topological polar surface area (TPSA) is 38.3 Å². The van der Waals surface area contributed by atoms with E-state index in [4.69, 9.17) is 4.74 Å². The molecule has 1 amide bonds. The van der Waals surface area contributed by atoms with Crippen molar-refractivity contribution in [3.8, 4) is 0 Å². The molecule has 2 atom stereocenters. The summed E-state index contributed by atoms with van der Waals surface area (Å²) in [5.41, 5.74) is 0. The van der Waals surface area contributed by atoms with Gasteiger partial charge in [-0.2, -0.15) is 0 Å². The van der Waals surface area contributed by atoms with Crippen molar-refractivity contribution in [2.24, 2.45) is 0 Å². The van der Waals surface area contributed by atoms with Crippen LogP contribution in [-0.4, -0.2) is 24.2 Å². The molecule has 0 heterocycles. The first-order chi connectivity index (χ1) is 6.09. The summed E-state index contributed by atoms with van der Waals surface area (Å²) in [5.74, 6) is 0.0456. The molecule has 0 aromatic heterocycles. The fraction of sp³-hybridized carbons (Fsp3) is 0.900. The van der Waals surface area contributed by atoms with Crippen molar-refractivity contribution in [1.29, 1.82) is 0 Å². The molecular weight excluding hydrogens is 166 g/mol. The van der Waals surface area contributed by atoms with Gasteiger partial charge in [-0.1, -0.05) is 0 Å². The number of hydrogen-bond acceptors (Lipinski definition) is 2. The predicted molar refractivity (Wildman–Crippen MR) is 51.5 cm³/mol. The van der Waals surface area contributed by atoms with Crippen LogP contribution in [-0.2, 0) is 9.53 Å². The van der Waals surface area contributed by atoms with Gasteiger partial charge in [0.1, 0.15) is 0 Å². The third-order valence-electron chi connectivity index (χ3n) is 2.29. The number of carbonyl (C=O) groups is 1. The molecule has 0 aromatic rings. The Hall–Kier alpha value is -0.570. The Bertz CT molecular complexity index is 180. The number of carbonyl (C=O) groups excluding carboxylic acids is 1. The van der Waals surface area contributed by atoms with Crippen LogP contribution in [0.25, 0.3) is 0 Å². The number of rotatable bonds is 3. The molecule has 0 spiro atoms. The summed E-state index contributed by atoms with van der Waals surface area (Å²) in [5, 5.41) is 2.93. The van der Waals surface area contributed by atoms with Crippen molar-refractivity contribution in [1.82, 2.24) is 5.32 Å². The van der Waals surface area contributed by atoms with Crippen molar-refractivity contribution in [3.05, 3.63) is 0 Å². The molecule has 1 fully saturated rings. The van der Waals surface area contributed by atoms with E-state index in [0.717, 1.165) is 19.3 Å². The van der Waals surface area contributed by atoms with Gasteiger partial charge in [0.05, 0.1) is 18.2 Å². The molecule has 0 saturated heterocycles. The molecule has 0 bridgehead atoms. The van der Waals surface area contributed by atoms with E-state index in [-0.39, 0.29) is 24.2 Å². The molecule has 76 valence electrons. The first-order valence-electron chi connectivity index (χ1n) is 5.02. The summed E-state index contributed by atoms with van der Waals surface area (Å²) < 4.78 is 5.71. The quantitative estimate of drug-likeness (QED) is 0.723. The van der Waals surface area contributed by atoms with Gasteiger partial charge in [-0.3, -0.25) is 4.79 Å². The van der Waals surface area contributed by atoms with Crippen molar-refractivity contribution < 1.29 is 9.53 Å². The highest BCUT2D eigenvalue weighted by Gasteiger charge is 2.28. The highest BCUT2D eigenvalue weighted by atomic mass is 16.5. The van der Waals surface area contributed by atoms with Gasteiger partial charge in [-0.05, 0) is 33.1 Å². The van der Waals surface area contributed by atoms with Gasteiger partial charge in [-0.15, -0.1) is 0 Å². The van der Waals surface area contributed by atoms with Crippen LogP contribution >= 0.6 is 0 Å². The van der Waals surface area contributed by atoms with Gasteiger partial charge in [0, 0.05) is 6.92 Å². The lowest BCUT2D eigenvalue weighted by atomic mass is 10.2. The zero-order valence-corrected chi connectivity index (χ0v) is 8.67. The largest absolute Gasteiger partial charge is 0.373 e. The van der Waals surface area contributed by atoms with Crippen LogP contribution < -0.4 is 5.32 Å². The van der Waals surface area contributed by atoms with Gasteiger partial charge >= 0.3 is 0 Å². The van der Waals surface area contributed by atoms with Gasteiger partial charge in [0.15, 0.2) is 0 Å². The number of hydrogen-bond donors (Lipinski definition) is 1. The van der Waals surface area contributed by atoms with Crippen molar-refractivity contribution in [2.75, 3.05) is 0 Å². The second-order valence-electron chi connectivity index (χ2n) is 3.96. The van der Waals surface area contributed by atoms with Crippen molar-refractivity contribution in [3.63, 3.8) is 0 Å². The number of ether oxygens (including phenoxy) is 1. The van der Waals surface area contributed by atoms with E-state index in [1.54, 1.807) is 6.92 Å². The Morgan fingerprint density at radius 1 is 1.46 bits per heavy atom. The molecular formula is C10H19NO2. The van der Waals surface area contributed by atoms with Gasteiger partial charge in [0.2, 0.25) is 5.91 Å². The van der Waals surface area contributed by atoms with E-state index >= 15 is 0 Å². The minimum absolute atomic E-state index is 0.0456. The van der Waals surface area contributed by atoms with E-state index in [0.29, 0.717) is 0 Å². The van der Waals surface area contributed by atoms with E-state index in [1.807, 2.05) is 13.8 Å². The highest BCUT2D eigenvalue weighted by Crippen LogP contribution is 2.23. The summed E-state index contributed by atoms with van der Waals surface area (Å²) in [7, 11) is 0. The molecule has 0 unspecified atom stereocenters. The monoisotopic (exact) mass is 185 g/mol. The molecule has 1 saturated carbocycles. The maximum atomic E-state index is 10.9. The lowest BCUT2D eigenvalue weighted by molar-refractivity contribution is -0.121. The molecule has 0 radical (unpaired) electrons. The summed E-state index contributed by atoms with van der Waals surface area (Å²) >= 11 is 0.